The standard InChI is InChI=1S/C51H31N3/c1-52-37-23-27-40(28-24-37)53(47-17-9-11-33-10-5-6-14-42(33)47)39-25-18-34(19-26-39)41-29-20-35-21-31-45-50-36(22-30-44(41)49(35)50)32-46-43-15-7-8-16-48(43)54(51(45)46)38-12-3-2-4-13-38/h2-32H. The molecule has 1 heterocycles. The van der Waals surface area contributed by atoms with E-state index in [9.17, 15) is 0 Å². The van der Waals surface area contributed by atoms with E-state index in [1.807, 2.05) is 24.3 Å². The zero-order valence-corrected chi connectivity index (χ0v) is 29.2. The van der Waals surface area contributed by atoms with Gasteiger partial charge in [-0.2, -0.15) is 0 Å². The molecule has 11 rings (SSSR count). The Morgan fingerprint density at radius 2 is 1.09 bits per heavy atom. The van der Waals surface area contributed by atoms with Gasteiger partial charge in [0.15, 0.2) is 5.69 Å². The van der Waals surface area contributed by atoms with Crippen molar-refractivity contribution < 1.29 is 0 Å². The maximum atomic E-state index is 7.50. The number of fused-ring (bicyclic) bond motifs is 5. The summed E-state index contributed by atoms with van der Waals surface area (Å²) in [5.74, 6) is 0. The Hall–Kier alpha value is -7.41. The number of benzene rings is 10. The zero-order chi connectivity index (χ0) is 35.8. The molecule has 11 aromatic rings. The zero-order valence-electron chi connectivity index (χ0n) is 29.2. The van der Waals surface area contributed by atoms with Crippen LogP contribution in [0.1, 0.15) is 0 Å². The second-order valence-corrected chi connectivity index (χ2v) is 14.0. The molecule has 250 valence electrons. The first kappa shape index (κ1) is 30.2. The maximum Gasteiger partial charge on any atom is 0.187 e. The molecule has 0 saturated heterocycles. The van der Waals surface area contributed by atoms with Gasteiger partial charge in [-0.3, -0.25) is 0 Å². The van der Waals surface area contributed by atoms with Gasteiger partial charge < -0.3 is 9.47 Å². The molecular weight excluding hydrogens is 655 g/mol. The van der Waals surface area contributed by atoms with E-state index in [2.05, 4.69) is 178 Å². The molecule has 0 spiro atoms. The Balaban J connectivity index is 1.10. The first-order valence-electron chi connectivity index (χ1n) is 18.3. The van der Waals surface area contributed by atoms with Gasteiger partial charge in [0.05, 0.1) is 23.3 Å². The summed E-state index contributed by atoms with van der Waals surface area (Å²) in [6.45, 7) is 7.50. The Labute approximate surface area is 312 Å². The number of anilines is 3. The van der Waals surface area contributed by atoms with E-state index in [1.54, 1.807) is 0 Å². The third-order valence-electron chi connectivity index (χ3n) is 11.1. The van der Waals surface area contributed by atoms with Gasteiger partial charge >= 0.3 is 0 Å². The lowest BCUT2D eigenvalue weighted by atomic mass is 9.89. The quantitative estimate of drug-likeness (QED) is 0.130. The summed E-state index contributed by atoms with van der Waals surface area (Å²) in [4.78, 5) is 5.93. The van der Waals surface area contributed by atoms with Gasteiger partial charge in [-0.25, -0.2) is 4.85 Å². The summed E-state index contributed by atoms with van der Waals surface area (Å²) in [6, 6.07) is 67.5. The summed E-state index contributed by atoms with van der Waals surface area (Å²) in [7, 11) is 0. The third kappa shape index (κ3) is 4.48. The average molecular weight is 686 g/mol. The van der Waals surface area contributed by atoms with E-state index in [1.165, 1.54) is 81.7 Å². The highest BCUT2D eigenvalue weighted by atomic mass is 15.1. The lowest BCUT2D eigenvalue weighted by Crippen LogP contribution is -2.10. The molecule has 10 aromatic carbocycles. The van der Waals surface area contributed by atoms with Crippen LogP contribution in [0.5, 0.6) is 0 Å². The molecule has 0 saturated carbocycles. The predicted octanol–water partition coefficient (Wildman–Crippen LogP) is 14.5. The van der Waals surface area contributed by atoms with Gasteiger partial charge in [-0.05, 0) is 98.0 Å². The van der Waals surface area contributed by atoms with Crippen molar-refractivity contribution in [1.29, 1.82) is 0 Å². The van der Waals surface area contributed by atoms with Gasteiger partial charge in [0, 0.05) is 38.6 Å². The Bertz CT molecular complexity index is 3250. The number of para-hydroxylation sites is 2. The number of rotatable bonds is 5. The van der Waals surface area contributed by atoms with Crippen molar-refractivity contribution in [2.75, 3.05) is 4.90 Å². The fourth-order valence-electron chi connectivity index (χ4n) is 8.72. The highest BCUT2D eigenvalue weighted by Gasteiger charge is 2.20. The fraction of sp³-hybridized carbons (Fsp3) is 0. The van der Waals surface area contributed by atoms with Crippen molar-refractivity contribution in [3.63, 3.8) is 0 Å². The summed E-state index contributed by atoms with van der Waals surface area (Å²) in [5.41, 5.74) is 9.80. The topological polar surface area (TPSA) is 12.5 Å². The molecule has 0 fully saturated rings. The number of nitrogens with zero attached hydrogens (tertiary/aromatic N) is 3. The summed E-state index contributed by atoms with van der Waals surface area (Å²) >= 11 is 0. The highest BCUT2D eigenvalue weighted by Crippen LogP contribution is 2.46. The lowest BCUT2D eigenvalue weighted by molar-refractivity contribution is 1.19. The van der Waals surface area contributed by atoms with Gasteiger partial charge in [0.2, 0.25) is 0 Å². The van der Waals surface area contributed by atoms with E-state index in [0.29, 0.717) is 5.69 Å². The van der Waals surface area contributed by atoms with Crippen LogP contribution in [0.15, 0.2) is 188 Å². The summed E-state index contributed by atoms with van der Waals surface area (Å²) < 4.78 is 2.44. The molecule has 3 nitrogen and oxygen atoms in total. The van der Waals surface area contributed by atoms with Crippen LogP contribution in [0.2, 0.25) is 0 Å². The van der Waals surface area contributed by atoms with Crippen molar-refractivity contribution in [2.24, 2.45) is 0 Å². The van der Waals surface area contributed by atoms with Gasteiger partial charge in [0.1, 0.15) is 0 Å². The van der Waals surface area contributed by atoms with Crippen LogP contribution in [0.3, 0.4) is 0 Å². The Morgan fingerprint density at radius 1 is 0.444 bits per heavy atom. The highest BCUT2D eigenvalue weighted by molar-refractivity contribution is 6.32. The van der Waals surface area contributed by atoms with E-state index in [0.717, 1.165) is 17.1 Å². The minimum Gasteiger partial charge on any atom is -0.310 e. The van der Waals surface area contributed by atoms with E-state index in [4.69, 9.17) is 6.57 Å². The largest absolute Gasteiger partial charge is 0.310 e. The van der Waals surface area contributed by atoms with Crippen LogP contribution in [0.25, 0.3) is 86.6 Å². The number of hydrogen-bond acceptors (Lipinski definition) is 1. The smallest absolute Gasteiger partial charge is 0.187 e. The number of hydrogen-bond donors (Lipinski definition) is 0. The van der Waals surface area contributed by atoms with Crippen molar-refractivity contribution in [2.45, 2.75) is 0 Å². The minimum absolute atomic E-state index is 0.628. The second kappa shape index (κ2) is 11.8. The van der Waals surface area contributed by atoms with Crippen LogP contribution < -0.4 is 4.90 Å². The summed E-state index contributed by atoms with van der Waals surface area (Å²) in [5, 5.41) is 12.5. The first-order valence-corrected chi connectivity index (χ1v) is 18.3. The predicted molar refractivity (Wildman–Crippen MR) is 228 cm³/mol. The van der Waals surface area contributed by atoms with Crippen molar-refractivity contribution in [3.8, 4) is 16.8 Å². The second-order valence-electron chi connectivity index (χ2n) is 14.0. The van der Waals surface area contributed by atoms with Crippen molar-refractivity contribution in [3.05, 3.63) is 199 Å². The average Bonchev–Trinajstić information content (AvgIpc) is 3.58. The molecule has 0 bridgehead atoms. The molecule has 0 aliphatic rings. The molecule has 0 unspecified atom stereocenters. The normalized spacial score (nSPS) is 11.7. The van der Waals surface area contributed by atoms with Crippen LogP contribution in [0, 0.1) is 6.57 Å². The molecule has 1 aromatic heterocycles. The van der Waals surface area contributed by atoms with Crippen LogP contribution in [-0.4, -0.2) is 4.57 Å². The van der Waals surface area contributed by atoms with E-state index >= 15 is 0 Å². The Morgan fingerprint density at radius 3 is 1.91 bits per heavy atom. The van der Waals surface area contributed by atoms with Gasteiger partial charge in [-0.15, -0.1) is 0 Å². The summed E-state index contributed by atoms with van der Waals surface area (Å²) in [6.07, 6.45) is 0. The minimum atomic E-state index is 0.628. The molecule has 3 heteroatoms. The van der Waals surface area contributed by atoms with Crippen molar-refractivity contribution >= 4 is 87.6 Å². The van der Waals surface area contributed by atoms with Gasteiger partial charge in [0.25, 0.3) is 0 Å². The monoisotopic (exact) mass is 685 g/mol. The van der Waals surface area contributed by atoms with Gasteiger partial charge in [-0.1, -0.05) is 133 Å². The van der Waals surface area contributed by atoms with E-state index in [-0.39, 0.29) is 0 Å². The number of aromatic nitrogens is 1. The molecule has 0 aliphatic heterocycles. The first-order chi connectivity index (χ1) is 26.7. The molecule has 0 radical (unpaired) electrons. The third-order valence-corrected chi connectivity index (χ3v) is 11.1. The molecule has 0 atom stereocenters. The van der Waals surface area contributed by atoms with Crippen molar-refractivity contribution in [1.82, 2.24) is 4.57 Å². The molecule has 0 N–H and O–H groups in total. The Kier molecular flexibility index (Phi) is 6.62. The molecular formula is C51H31N3. The van der Waals surface area contributed by atoms with E-state index < -0.39 is 0 Å². The fourth-order valence-corrected chi connectivity index (χ4v) is 8.72. The lowest BCUT2D eigenvalue weighted by Gasteiger charge is -2.27. The van der Waals surface area contributed by atoms with Crippen LogP contribution in [0.4, 0.5) is 22.7 Å². The van der Waals surface area contributed by atoms with Crippen LogP contribution >= 0.6 is 0 Å². The maximum absolute atomic E-state index is 7.50. The van der Waals surface area contributed by atoms with Crippen LogP contribution in [-0.2, 0) is 0 Å². The molecule has 0 amide bonds. The molecule has 54 heavy (non-hydrogen) atoms. The molecule has 0 aliphatic carbocycles. The SMILES string of the molecule is [C-]#[N+]c1ccc(N(c2ccc(-c3ccc4ccc5c6c(ccc3c46)cc3c4ccccc4n(-c4ccccc4)c35)cc2)c2cccc3ccccc23)cc1.